The summed E-state index contributed by atoms with van der Waals surface area (Å²) in [6, 6.07) is 14.0. The molecule has 0 spiro atoms. The number of carbonyl (C=O) groups is 1. The van der Waals surface area contributed by atoms with Gasteiger partial charge in [0.1, 0.15) is 11.5 Å². The van der Waals surface area contributed by atoms with Gasteiger partial charge in [0.05, 0.1) is 12.1 Å². The highest BCUT2D eigenvalue weighted by atomic mass is 16.5. The van der Waals surface area contributed by atoms with Crippen LogP contribution < -0.4 is 10.1 Å². The van der Waals surface area contributed by atoms with E-state index in [9.17, 15) is 9.90 Å². The first-order valence-electron chi connectivity index (χ1n) is 7.96. The zero-order valence-corrected chi connectivity index (χ0v) is 13.9. The van der Waals surface area contributed by atoms with Crippen molar-refractivity contribution in [2.45, 2.75) is 6.54 Å². The monoisotopic (exact) mass is 340 g/mol. The van der Waals surface area contributed by atoms with Gasteiger partial charge in [-0.05, 0) is 42.5 Å². The molecule has 1 heterocycles. The minimum absolute atomic E-state index is 0.0940. The van der Waals surface area contributed by atoms with Gasteiger partial charge < -0.3 is 24.5 Å². The van der Waals surface area contributed by atoms with Gasteiger partial charge in [-0.1, -0.05) is 6.07 Å². The van der Waals surface area contributed by atoms with E-state index in [-0.39, 0.29) is 18.3 Å². The normalized spacial score (nSPS) is 10.8. The summed E-state index contributed by atoms with van der Waals surface area (Å²) < 4.78 is 12.9. The van der Waals surface area contributed by atoms with Crippen LogP contribution in [0.1, 0.15) is 0 Å². The molecule has 0 aliphatic rings. The van der Waals surface area contributed by atoms with Crippen molar-refractivity contribution in [3.05, 3.63) is 54.7 Å². The highest BCUT2D eigenvalue weighted by Crippen LogP contribution is 2.26. The summed E-state index contributed by atoms with van der Waals surface area (Å²) in [5.74, 6) is 0.551. The zero-order chi connectivity index (χ0) is 17.6. The molecule has 1 aromatic heterocycles. The predicted octanol–water partition coefficient (Wildman–Crippen LogP) is 3.01. The Morgan fingerprint density at radius 3 is 2.72 bits per heavy atom. The maximum atomic E-state index is 12.0. The number of hydrogen-bond donors (Lipinski definition) is 2. The SMILES string of the molecule is COCCn1ccc2c(OCC(=O)Nc3ccc(O)cc3)cccc21. The predicted molar refractivity (Wildman–Crippen MR) is 96.0 cm³/mol. The van der Waals surface area contributed by atoms with Gasteiger partial charge >= 0.3 is 0 Å². The third-order valence-corrected chi connectivity index (χ3v) is 3.82. The van der Waals surface area contributed by atoms with E-state index in [0.29, 0.717) is 18.0 Å². The molecule has 0 atom stereocenters. The minimum Gasteiger partial charge on any atom is -0.508 e. The van der Waals surface area contributed by atoms with Gasteiger partial charge in [0, 0.05) is 30.9 Å². The summed E-state index contributed by atoms with van der Waals surface area (Å²) in [6.07, 6.45) is 1.98. The van der Waals surface area contributed by atoms with Crippen molar-refractivity contribution in [3.8, 4) is 11.5 Å². The average Bonchev–Trinajstić information content (AvgIpc) is 3.04. The van der Waals surface area contributed by atoms with Gasteiger partial charge in [0.2, 0.25) is 0 Å². The van der Waals surface area contributed by atoms with Crippen molar-refractivity contribution >= 4 is 22.5 Å². The van der Waals surface area contributed by atoms with E-state index < -0.39 is 0 Å². The maximum Gasteiger partial charge on any atom is 0.262 e. The summed E-state index contributed by atoms with van der Waals surface area (Å²) in [4.78, 5) is 12.0. The van der Waals surface area contributed by atoms with Crippen LogP contribution >= 0.6 is 0 Å². The lowest BCUT2D eigenvalue weighted by Gasteiger charge is -2.09. The topological polar surface area (TPSA) is 72.7 Å². The molecule has 3 aromatic rings. The number of benzene rings is 2. The van der Waals surface area contributed by atoms with Crippen molar-refractivity contribution < 1.29 is 19.4 Å². The van der Waals surface area contributed by atoms with E-state index in [1.165, 1.54) is 12.1 Å². The number of rotatable bonds is 7. The molecule has 2 aromatic carbocycles. The van der Waals surface area contributed by atoms with Crippen LogP contribution in [0.2, 0.25) is 0 Å². The van der Waals surface area contributed by atoms with E-state index in [4.69, 9.17) is 9.47 Å². The lowest BCUT2D eigenvalue weighted by molar-refractivity contribution is -0.118. The van der Waals surface area contributed by atoms with Gasteiger partial charge in [-0.3, -0.25) is 4.79 Å². The molecule has 0 saturated carbocycles. The third kappa shape index (κ3) is 4.10. The van der Waals surface area contributed by atoms with Crippen LogP contribution in [-0.4, -0.2) is 35.9 Å². The summed E-state index contributed by atoms with van der Waals surface area (Å²) in [5.41, 5.74) is 1.64. The quantitative estimate of drug-likeness (QED) is 0.649. The Kier molecular flexibility index (Phi) is 5.20. The van der Waals surface area contributed by atoms with Crippen LogP contribution in [0.25, 0.3) is 10.9 Å². The van der Waals surface area contributed by atoms with E-state index >= 15 is 0 Å². The third-order valence-electron chi connectivity index (χ3n) is 3.82. The number of methoxy groups -OCH3 is 1. The first-order valence-corrected chi connectivity index (χ1v) is 7.96. The molecule has 0 radical (unpaired) electrons. The lowest BCUT2D eigenvalue weighted by Crippen LogP contribution is -2.20. The van der Waals surface area contributed by atoms with Gasteiger partial charge in [0.15, 0.2) is 6.61 Å². The standard InChI is InChI=1S/C19H20N2O4/c1-24-12-11-21-10-9-16-17(21)3-2-4-18(16)25-13-19(23)20-14-5-7-15(22)8-6-14/h2-10,22H,11-13H2,1H3,(H,20,23). The van der Waals surface area contributed by atoms with Crippen LogP contribution in [0, 0.1) is 0 Å². The molecule has 0 bridgehead atoms. The Labute approximate surface area is 145 Å². The second-order valence-electron chi connectivity index (χ2n) is 5.57. The number of fused-ring (bicyclic) bond motifs is 1. The molecule has 25 heavy (non-hydrogen) atoms. The van der Waals surface area contributed by atoms with E-state index in [1.54, 1.807) is 19.2 Å². The molecule has 1 amide bonds. The number of phenols is 1. The van der Waals surface area contributed by atoms with Crippen LogP contribution in [0.5, 0.6) is 11.5 Å². The number of carbonyl (C=O) groups excluding carboxylic acids is 1. The average molecular weight is 340 g/mol. The Bertz CT molecular complexity index is 855. The van der Waals surface area contributed by atoms with Crippen molar-refractivity contribution in [3.63, 3.8) is 0 Å². The van der Waals surface area contributed by atoms with Crippen molar-refractivity contribution in [2.24, 2.45) is 0 Å². The Morgan fingerprint density at radius 1 is 1.16 bits per heavy atom. The summed E-state index contributed by atoms with van der Waals surface area (Å²) in [7, 11) is 1.67. The number of nitrogens with zero attached hydrogens (tertiary/aromatic N) is 1. The smallest absolute Gasteiger partial charge is 0.262 e. The van der Waals surface area contributed by atoms with Crippen molar-refractivity contribution in [1.82, 2.24) is 4.57 Å². The molecule has 6 heteroatoms. The maximum absolute atomic E-state index is 12.0. The van der Waals surface area contributed by atoms with Crippen molar-refractivity contribution in [2.75, 3.05) is 25.6 Å². The van der Waals surface area contributed by atoms with Crippen LogP contribution in [0.15, 0.2) is 54.7 Å². The summed E-state index contributed by atoms with van der Waals surface area (Å²) in [5, 5.41) is 12.9. The van der Waals surface area contributed by atoms with E-state index in [1.807, 2.05) is 30.5 Å². The minimum atomic E-state index is -0.262. The first kappa shape index (κ1) is 16.9. The molecule has 2 N–H and O–H groups in total. The molecular weight excluding hydrogens is 320 g/mol. The lowest BCUT2D eigenvalue weighted by atomic mass is 10.2. The van der Waals surface area contributed by atoms with Gasteiger partial charge in [-0.15, -0.1) is 0 Å². The number of aromatic hydroxyl groups is 1. The van der Waals surface area contributed by atoms with Crippen LogP contribution in [-0.2, 0) is 16.1 Å². The van der Waals surface area contributed by atoms with Crippen LogP contribution in [0.4, 0.5) is 5.69 Å². The van der Waals surface area contributed by atoms with Gasteiger partial charge in [0.25, 0.3) is 5.91 Å². The number of ether oxygens (including phenoxy) is 2. The fraction of sp³-hybridized carbons (Fsp3) is 0.211. The second kappa shape index (κ2) is 7.72. The summed E-state index contributed by atoms with van der Waals surface area (Å²) >= 11 is 0. The molecule has 0 fully saturated rings. The molecule has 130 valence electrons. The Morgan fingerprint density at radius 2 is 1.96 bits per heavy atom. The zero-order valence-electron chi connectivity index (χ0n) is 13.9. The molecule has 3 rings (SSSR count). The molecule has 0 unspecified atom stereocenters. The van der Waals surface area contributed by atoms with Crippen molar-refractivity contribution in [1.29, 1.82) is 0 Å². The Hall–Kier alpha value is -2.99. The Balaban J connectivity index is 1.65. The van der Waals surface area contributed by atoms with E-state index in [0.717, 1.165) is 17.4 Å². The number of anilines is 1. The largest absolute Gasteiger partial charge is 0.508 e. The number of aromatic nitrogens is 1. The number of amides is 1. The first-order chi connectivity index (χ1) is 12.2. The number of nitrogens with one attached hydrogen (secondary N) is 1. The highest BCUT2D eigenvalue weighted by molar-refractivity contribution is 5.92. The number of phenolic OH excluding ortho intramolecular Hbond substituents is 1. The van der Waals surface area contributed by atoms with Gasteiger partial charge in [-0.25, -0.2) is 0 Å². The number of hydrogen-bond acceptors (Lipinski definition) is 4. The highest BCUT2D eigenvalue weighted by Gasteiger charge is 2.09. The fourth-order valence-electron chi connectivity index (χ4n) is 2.59. The van der Waals surface area contributed by atoms with Crippen LogP contribution in [0.3, 0.4) is 0 Å². The van der Waals surface area contributed by atoms with E-state index in [2.05, 4.69) is 9.88 Å². The molecule has 0 aliphatic heterocycles. The van der Waals surface area contributed by atoms with Gasteiger partial charge in [-0.2, -0.15) is 0 Å². The molecular formula is C19H20N2O4. The second-order valence-corrected chi connectivity index (χ2v) is 5.57. The molecule has 0 aliphatic carbocycles. The summed E-state index contributed by atoms with van der Waals surface area (Å²) in [6.45, 7) is 1.29. The fourth-order valence-corrected chi connectivity index (χ4v) is 2.59. The molecule has 6 nitrogen and oxygen atoms in total. The molecule has 0 saturated heterocycles.